The van der Waals surface area contributed by atoms with Gasteiger partial charge >= 0.3 is 0 Å². The smallest absolute Gasteiger partial charge is 0.233 e. The first-order valence-corrected chi connectivity index (χ1v) is 11.6. The zero-order valence-electron chi connectivity index (χ0n) is 16.8. The Bertz CT molecular complexity index is 1150. The maximum absolute atomic E-state index is 12.8. The molecule has 0 spiro atoms. The topological polar surface area (TPSA) is 59.3 Å². The van der Waals surface area contributed by atoms with E-state index in [1.54, 1.807) is 11.3 Å². The molecule has 7 heteroatoms. The SMILES string of the molecule is CCc1nnc(S[C@H](CC)C(=O)NCc2ccc(C)cc2)c2cc3sccc3n12. The van der Waals surface area contributed by atoms with Crippen LogP contribution in [0.25, 0.3) is 15.7 Å². The van der Waals surface area contributed by atoms with E-state index in [4.69, 9.17) is 0 Å². The standard InChI is InChI=1S/C22H24N4OS2/c1-4-18(21(27)23-13-15-8-6-14(3)7-9-15)29-22-17-12-19-16(10-11-28-19)26(17)20(5-2)24-25-22/h6-12,18H,4-5,13H2,1-3H3,(H,23,27)/t18-/m1/s1. The van der Waals surface area contributed by atoms with Crippen molar-refractivity contribution in [3.63, 3.8) is 0 Å². The lowest BCUT2D eigenvalue weighted by Gasteiger charge is -2.15. The number of carbonyl (C=O) groups is 1. The van der Waals surface area contributed by atoms with Crippen LogP contribution in [0.5, 0.6) is 0 Å². The van der Waals surface area contributed by atoms with Crippen LogP contribution in [0.1, 0.15) is 37.2 Å². The first kappa shape index (κ1) is 19.9. The summed E-state index contributed by atoms with van der Waals surface area (Å²) in [6, 6.07) is 12.5. The lowest BCUT2D eigenvalue weighted by atomic mass is 10.1. The third-order valence-corrected chi connectivity index (χ3v) is 7.18. The number of hydrogen-bond donors (Lipinski definition) is 1. The van der Waals surface area contributed by atoms with E-state index in [9.17, 15) is 4.79 Å². The molecule has 1 N–H and O–H groups in total. The molecule has 0 fully saturated rings. The summed E-state index contributed by atoms with van der Waals surface area (Å²) in [6.07, 6.45) is 1.53. The summed E-state index contributed by atoms with van der Waals surface area (Å²) in [4.78, 5) is 12.8. The van der Waals surface area contributed by atoms with E-state index >= 15 is 0 Å². The Kier molecular flexibility index (Phi) is 5.87. The van der Waals surface area contributed by atoms with E-state index in [0.29, 0.717) is 6.54 Å². The van der Waals surface area contributed by atoms with E-state index < -0.39 is 0 Å². The van der Waals surface area contributed by atoms with Crippen molar-refractivity contribution in [1.29, 1.82) is 0 Å². The van der Waals surface area contributed by atoms with Crippen molar-refractivity contribution in [2.75, 3.05) is 0 Å². The number of thiophene rings is 1. The van der Waals surface area contributed by atoms with Gasteiger partial charge in [0.1, 0.15) is 10.9 Å². The van der Waals surface area contributed by atoms with E-state index in [0.717, 1.165) is 40.3 Å². The molecule has 0 bridgehead atoms. The van der Waals surface area contributed by atoms with Gasteiger partial charge in [0.15, 0.2) is 0 Å². The molecule has 1 amide bonds. The highest BCUT2D eigenvalue weighted by atomic mass is 32.2. The molecule has 0 aliphatic heterocycles. The molecule has 1 aromatic carbocycles. The van der Waals surface area contributed by atoms with Crippen LogP contribution in [0.4, 0.5) is 0 Å². The van der Waals surface area contributed by atoms with Crippen molar-refractivity contribution < 1.29 is 4.79 Å². The Hall–Kier alpha value is -2.38. The third kappa shape index (κ3) is 4.02. The predicted molar refractivity (Wildman–Crippen MR) is 121 cm³/mol. The second-order valence-electron chi connectivity index (χ2n) is 7.03. The van der Waals surface area contributed by atoms with Gasteiger partial charge in [0, 0.05) is 13.0 Å². The molecular formula is C22H24N4OS2. The number of thioether (sulfide) groups is 1. The van der Waals surface area contributed by atoms with Crippen LogP contribution in [0.3, 0.4) is 0 Å². The molecule has 0 aliphatic carbocycles. The summed E-state index contributed by atoms with van der Waals surface area (Å²) >= 11 is 3.21. The first-order chi connectivity index (χ1) is 14.1. The molecule has 3 aromatic heterocycles. The zero-order valence-corrected chi connectivity index (χ0v) is 18.4. The van der Waals surface area contributed by atoms with Crippen molar-refractivity contribution >= 4 is 44.7 Å². The number of fused-ring (bicyclic) bond motifs is 3. The number of carbonyl (C=O) groups excluding carboxylic acids is 1. The number of nitrogens with zero attached hydrogens (tertiary/aromatic N) is 3. The molecular weight excluding hydrogens is 400 g/mol. The summed E-state index contributed by atoms with van der Waals surface area (Å²) in [7, 11) is 0. The van der Waals surface area contributed by atoms with Crippen molar-refractivity contribution in [3.8, 4) is 0 Å². The Morgan fingerprint density at radius 2 is 1.97 bits per heavy atom. The number of hydrogen-bond acceptors (Lipinski definition) is 5. The fourth-order valence-corrected chi connectivity index (χ4v) is 5.13. The zero-order chi connectivity index (χ0) is 20.4. The van der Waals surface area contributed by atoms with Crippen LogP contribution in [0.2, 0.25) is 0 Å². The second kappa shape index (κ2) is 8.55. The van der Waals surface area contributed by atoms with Gasteiger partial charge in [-0.2, -0.15) is 0 Å². The fourth-order valence-electron chi connectivity index (χ4n) is 3.34. The molecule has 150 valence electrons. The third-order valence-electron chi connectivity index (χ3n) is 4.98. The highest BCUT2D eigenvalue weighted by Gasteiger charge is 2.22. The van der Waals surface area contributed by atoms with Crippen molar-refractivity contribution in [1.82, 2.24) is 19.9 Å². The minimum atomic E-state index is -0.209. The average Bonchev–Trinajstić information content (AvgIpc) is 3.33. The van der Waals surface area contributed by atoms with E-state index in [1.807, 2.05) is 6.92 Å². The number of aromatic nitrogens is 3. The largest absolute Gasteiger partial charge is 0.351 e. The Labute approximate surface area is 178 Å². The quantitative estimate of drug-likeness (QED) is 0.424. The van der Waals surface area contributed by atoms with Gasteiger partial charge < -0.3 is 5.32 Å². The summed E-state index contributed by atoms with van der Waals surface area (Å²) in [5.74, 6) is 0.973. The highest BCUT2D eigenvalue weighted by Crippen LogP contribution is 2.33. The van der Waals surface area contributed by atoms with E-state index in [-0.39, 0.29) is 11.2 Å². The summed E-state index contributed by atoms with van der Waals surface area (Å²) in [5.41, 5.74) is 4.52. The van der Waals surface area contributed by atoms with Crippen LogP contribution in [0.15, 0.2) is 46.8 Å². The Balaban J connectivity index is 1.55. The predicted octanol–water partition coefficient (Wildman–Crippen LogP) is 5.00. The molecule has 0 unspecified atom stereocenters. The second-order valence-corrected chi connectivity index (χ2v) is 9.17. The van der Waals surface area contributed by atoms with Crippen LogP contribution in [-0.2, 0) is 17.8 Å². The first-order valence-electron chi connectivity index (χ1n) is 9.84. The number of aryl methyl sites for hydroxylation is 2. The Morgan fingerprint density at radius 1 is 1.17 bits per heavy atom. The molecule has 4 aromatic rings. The van der Waals surface area contributed by atoms with Crippen LogP contribution < -0.4 is 5.32 Å². The van der Waals surface area contributed by atoms with Gasteiger partial charge in [0.2, 0.25) is 5.91 Å². The molecule has 1 atom stereocenters. The van der Waals surface area contributed by atoms with Crippen LogP contribution in [0, 0.1) is 6.92 Å². The minimum absolute atomic E-state index is 0.0333. The van der Waals surface area contributed by atoms with Gasteiger partial charge in [-0.25, -0.2) is 0 Å². The Morgan fingerprint density at radius 3 is 2.69 bits per heavy atom. The lowest BCUT2D eigenvalue weighted by Crippen LogP contribution is -2.32. The number of rotatable bonds is 7. The summed E-state index contributed by atoms with van der Waals surface area (Å²) in [5, 5.41) is 14.7. The van der Waals surface area contributed by atoms with Crippen molar-refractivity contribution in [2.24, 2.45) is 0 Å². The fraction of sp³-hybridized carbons (Fsp3) is 0.318. The molecule has 0 saturated carbocycles. The van der Waals surface area contributed by atoms with Gasteiger partial charge in [-0.05, 0) is 36.4 Å². The highest BCUT2D eigenvalue weighted by molar-refractivity contribution is 8.00. The molecule has 3 heterocycles. The van der Waals surface area contributed by atoms with E-state index in [2.05, 4.69) is 75.5 Å². The van der Waals surface area contributed by atoms with Gasteiger partial charge in [0.25, 0.3) is 0 Å². The molecule has 0 radical (unpaired) electrons. The van der Waals surface area contributed by atoms with Gasteiger partial charge in [0.05, 0.1) is 21.0 Å². The van der Waals surface area contributed by atoms with Gasteiger partial charge in [-0.15, -0.1) is 21.5 Å². The molecule has 0 aliphatic rings. The number of amides is 1. The summed E-state index contributed by atoms with van der Waals surface area (Å²) < 4.78 is 3.39. The summed E-state index contributed by atoms with van der Waals surface area (Å²) in [6.45, 7) is 6.71. The maximum atomic E-state index is 12.8. The molecule has 29 heavy (non-hydrogen) atoms. The average molecular weight is 425 g/mol. The van der Waals surface area contributed by atoms with E-state index in [1.165, 1.54) is 22.0 Å². The van der Waals surface area contributed by atoms with Gasteiger partial charge in [-0.3, -0.25) is 9.20 Å². The maximum Gasteiger partial charge on any atom is 0.233 e. The molecule has 5 nitrogen and oxygen atoms in total. The monoisotopic (exact) mass is 424 g/mol. The lowest BCUT2D eigenvalue weighted by molar-refractivity contribution is -0.120. The number of benzene rings is 1. The molecule has 4 rings (SSSR count). The van der Waals surface area contributed by atoms with Gasteiger partial charge in [-0.1, -0.05) is 55.4 Å². The van der Waals surface area contributed by atoms with Crippen LogP contribution in [-0.4, -0.2) is 25.8 Å². The van der Waals surface area contributed by atoms with Crippen molar-refractivity contribution in [2.45, 2.75) is 50.4 Å². The molecule has 0 saturated heterocycles. The van der Waals surface area contributed by atoms with Crippen molar-refractivity contribution in [3.05, 3.63) is 58.7 Å². The minimum Gasteiger partial charge on any atom is -0.351 e. The van der Waals surface area contributed by atoms with Crippen LogP contribution >= 0.6 is 23.1 Å². The normalized spacial score (nSPS) is 12.5. The number of nitrogens with one attached hydrogen (secondary N) is 1.